The molecular weight excluding hydrogens is 607 g/mol. The zero-order chi connectivity index (χ0) is 28.2. The molecule has 0 saturated heterocycles. The van der Waals surface area contributed by atoms with Crippen LogP contribution < -0.4 is 14.2 Å². The Labute approximate surface area is 243 Å². The van der Waals surface area contributed by atoms with E-state index in [-0.39, 0.29) is 13.0 Å². The third kappa shape index (κ3) is 8.01. The average molecular weight is 634 g/mol. The fourth-order valence-corrected chi connectivity index (χ4v) is 6.36. The van der Waals surface area contributed by atoms with Crippen LogP contribution in [0.1, 0.15) is 31.2 Å². The second-order valence-corrected chi connectivity index (χ2v) is 12.8. The first-order chi connectivity index (χ1) is 18.5. The highest BCUT2D eigenvalue weighted by molar-refractivity contribution is 7.85. The summed E-state index contributed by atoms with van der Waals surface area (Å²) < 4.78 is 67.2. The largest absolute Gasteiger partial charge is 0.748 e. The van der Waals surface area contributed by atoms with Crippen molar-refractivity contribution in [2.75, 3.05) is 23.8 Å². The van der Waals surface area contributed by atoms with E-state index in [2.05, 4.69) is 0 Å². The van der Waals surface area contributed by atoms with Crippen molar-refractivity contribution in [3.8, 4) is 5.75 Å². The van der Waals surface area contributed by atoms with E-state index in [0.29, 0.717) is 47.6 Å². The molecule has 1 atom stereocenters. The van der Waals surface area contributed by atoms with Gasteiger partial charge in [-0.3, -0.25) is 8.74 Å². The average Bonchev–Trinajstić information content (AvgIpc) is 3.37. The van der Waals surface area contributed by atoms with Crippen molar-refractivity contribution in [2.24, 2.45) is 0 Å². The maximum atomic E-state index is 11.2. The van der Waals surface area contributed by atoms with E-state index in [0.717, 1.165) is 26.5 Å². The van der Waals surface area contributed by atoms with E-state index >= 15 is 0 Å². The SMILES string of the molecule is CCC(=Cc1sc2ccc(Cl)cc2[n+]1CCCS(=O)(=O)[O-])C=C1Oc2ccc(Cl)cc2N1CCCOS(=O)O. The highest BCUT2D eigenvalue weighted by Gasteiger charge is 2.27. The Bertz CT molecular complexity index is 1550. The molecule has 9 nitrogen and oxygen atoms in total. The van der Waals surface area contributed by atoms with Crippen LogP contribution in [0.2, 0.25) is 10.0 Å². The molecule has 0 saturated carbocycles. The minimum Gasteiger partial charge on any atom is -0.748 e. The Morgan fingerprint density at radius 2 is 1.97 bits per heavy atom. The summed E-state index contributed by atoms with van der Waals surface area (Å²) in [4.78, 5) is 1.94. The lowest BCUT2D eigenvalue weighted by atomic mass is 10.2. The number of hydrogen-bond donors (Lipinski definition) is 1. The first-order valence-electron chi connectivity index (χ1n) is 12.0. The Hall–Kier alpha value is -2.03. The molecule has 0 aliphatic carbocycles. The van der Waals surface area contributed by atoms with Gasteiger partial charge in [-0.1, -0.05) is 41.5 Å². The summed E-state index contributed by atoms with van der Waals surface area (Å²) in [7, 11) is -4.33. The number of aromatic nitrogens is 1. The summed E-state index contributed by atoms with van der Waals surface area (Å²) in [5.74, 6) is 0.750. The minimum atomic E-state index is -4.33. The number of benzene rings is 2. The summed E-state index contributed by atoms with van der Waals surface area (Å²) in [6, 6.07) is 10.9. The maximum Gasteiger partial charge on any atom is 0.301 e. The van der Waals surface area contributed by atoms with Crippen molar-refractivity contribution in [1.82, 2.24) is 0 Å². The van der Waals surface area contributed by atoms with Crippen molar-refractivity contribution in [1.29, 1.82) is 0 Å². The predicted molar refractivity (Wildman–Crippen MR) is 153 cm³/mol. The van der Waals surface area contributed by atoms with Crippen LogP contribution in [0.25, 0.3) is 16.3 Å². The molecule has 0 amide bonds. The van der Waals surface area contributed by atoms with Crippen LogP contribution in [0, 0.1) is 0 Å². The van der Waals surface area contributed by atoms with Crippen molar-refractivity contribution in [2.45, 2.75) is 32.7 Å². The lowest BCUT2D eigenvalue weighted by Gasteiger charge is -2.18. The number of thiazole rings is 1. The summed E-state index contributed by atoms with van der Waals surface area (Å²) >= 11 is 11.7. The van der Waals surface area contributed by atoms with Gasteiger partial charge < -0.3 is 14.2 Å². The molecule has 14 heteroatoms. The predicted octanol–water partition coefficient (Wildman–Crippen LogP) is 5.51. The number of rotatable bonds is 12. The van der Waals surface area contributed by atoms with Gasteiger partial charge in [0.25, 0.3) is 5.01 Å². The van der Waals surface area contributed by atoms with E-state index < -0.39 is 27.2 Å². The van der Waals surface area contributed by atoms with Crippen LogP contribution in [0.4, 0.5) is 5.69 Å². The Balaban J connectivity index is 1.68. The third-order valence-electron chi connectivity index (χ3n) is 5.90. The Morgan fingerprint density at radius 3 is 2.69 bits per heavy atom. The number of fused-ring (bicyclic) bond motifs is 2. The number of aryl methyl sites for hydroxylation is 1. The van der Waals surface area contributed by atoms with Crippen LogP contribution in [-0.2, 0) is 32.2 Å². The molecule has 1 aromatic heterocycles. The van der Waals surface area contributed by atoms with Gasteiger partial charge in [0.2, 0.25) is 11.4 Å². The standard InChI is InChI=1S/C25H26Cl2N2O7S3/c1-2-17(13-24-28(9-3-11-35-38(30)31)20-15-18(26)5-7-22(20)36-24)14-25-29(10-4-12-39(32,33)34)21-16-19(27)6-8-23(21)37-25/h5-8,13-16H,2-4,9-12H2,1H3,(H-,30,31,32,33,34). The highest BCUT2D eigenvalue weighted by atomic mass is 35.5. The molecule has 4 rings (SSSR count). The number of halogens is 2. The molecule has 0 fully saturated rings. The Morgan fingerprint density at radius 1 is 1.23 bits per heavy atom. The number of anilines is 1. The fourth-order valence-electron chi connectivity index (χ4n) is 4.14. The van der Waals surface area contributed by atoms with Gasteiger partial charge in [-0.2, -0.15) is 8.78 Å². The summed E-state index contributed by atoms with van der Waals surface area (Å²) in [6.45, 7) is 2.89. The highest BCUT2D eigenvalue weighted by Crippen LogP contribution is 2.41. The van der Waals surface area contributed by atoms with Crippen molar-refractivity contribution >= 4 is 78.0 Å². The molecule has 39 heavy (non-hydrogen) atoms. The monoisotopic (exact) mass is 632 g/mol. The molecule has 2 heterocycles. The number of hydrogen-bond acceptors (Lipinski definition) is 8. The van der Waals surface area contributed by atoms with Crippen LogP contribution in [0.5, 0.6) is 5.75 Å². The summed E-state index contributed by atoms with van der Waals surface area (Å²) in [5, 5.41) is 1.97. The molecule has 0 radical (unpaired) electrons. The van der Waals surface area contributed by atoms with Gasteiger partial charge in [-0.25, -0.2) is 8.42 Å². The second kappa shape index (κ2) is 13.1. The molecular formula is C25H26Cl2N2O7S3. The topological polar surface area (TPSA) is 120 Å². The molecule has 1 aliphatic rings. The number of allylic oxidation sites excluding steroid dienone is 2. The van der Waals surface area contributed by atoms with E-state index in [9.17, 15) is 17.2 Å². The van der Waals surface area contributed by atoms with Crippen LogP contribution in [0.15, 0.2) is 53.9 Å². The van der Waals surface area contributed by atoms with Gasteiger partial charge in [-0.05, 0) is 48.7 Å². The van der Waals surface area contributed by atoms with Crippen molar-refractivity contribution in [3.63, 3.8) is 0 Å². The summed E-state index contributed by atoms with van der Waals surface area (Å²) in [5.41, 5.74) is 2.57. The quantitative estimate of drug-likeness (QED) is 0.120. The molecule has 2 aromatic carbocycles. The van der Waals surface area contributed by atoms with E-state index in [1.54, 1.807) is 24.3 Å². The van der Waals surface area contributed by atoms with Crippen molar-refractivity contribution < 1.29 is 35.2 Å². The van der Waals surface area contributed by atoms with Crippen LogP contribution >= 0.6 is 34.5 Å². The van der Waals surface area contributed by atoms with Crippen LogP contribution in [-0.4, -0.2) is 40.6 Å². The fraction of sp³-hybridized carbons (Fsp3) is 0.320. The minimum absolute atomic E-state index is 0.0860. The van der Waals surface area contributed by atoms with Gasteiger partial charge in [0.05, 0.1) is 22.4 Å². The van der Waals surface area contributed by atoms with E-state index in [4.69, 9.17) is 36.7 Å². The van der Waals surface area contributed by atoms with Gasteiger partial charge in [0.15, 0.2) is 12.3 Å². The molecule has 1 N–H and O–H groups in total. The molecule has 1 unspecified atom stereocenters. The number of ether oxygens (including phenoxy) is 1. The molecule has 0 bridgehead atoms. The van der Waals surface area contributed by atoms with E-state index in [1.165, 1.54) is 11.3 Å². The van der Waals surface area contributed by atoms with Gasteiger partial charge in [-0.15, -0.1) is 0 Å². The second-order valence-electron chi connectivity index (χ2n) is 8.63. The molecule has 210 valence electrons. The van der Waals surface area contributed by atoms with Gasteiger partial charge in [0, 0.05) is 47.0 Å². The smallest absolute Gasteiger partial charge is 0.301 e. The molecule has 3 aromatic rings. The lowest BCUT2D eigenvalue weighted by Crippen LogP contribution is -2.36. The van der Waals surface area contributed by atoms with Crippen LogP contribution in [0.3, 0.4) is 0 Å². The maximum absolute atomic E-state index is 11.2. The van der Waals surface area contributed by atoms with E-state index in [1.807, 2.05) is 40.7 Å². The zero-order valence-corrected chi connectivity index (χ0v) is 24.8. The summed E-state index contributed by atoms with van der Waals surface area (Å²) in [6.07, 6.45) is 5.22. The molecule has 0 spiro atoms. The normalized spacial score (nSPS) is 15.7. The Kier molecular flexibility index (Phi) is 10.0. The first-order valence-corrected chi connectivity index (χ1v) is 16.2. The zero-order valence-electron chi connectivity index (χ0n) is 20.8. The molecule has 1 aliphatic heterocycles. The van der Waals surface area contributed by atoms with Gasteiger partial charge >= 0.3 is 11.4 Å². The third-order valence-corrected chi connectivity index (χ3v) is 8.64. The number of nitrogens with zero attached hydrogens (tertiary/aromatic N) is 2. The van der Waals surface area contributed by atoms with Gasteiger partial charge in [0.1, 0.15) is 4.70 Å². The lowest BCUT2D eigenvalue weighted by molar-refractivity contribution is -0.668. The first kappa shape index (κ1) is 29.9. The van der Waals surface area contributed by atoms with Crippen molar-refractivity contribution in [3.05, 3.63) is 69.0 Å².